The molecule has 0 unspecified atom stereocenters. The van der Waals surface area contributed by atoms with Gasteiger partial charge in [0.1, 0.15) is 5.82 Å². The van der Waals surface area contributed by atoms with E-state index >= 15 is 0 Å². The van der Waals surface area contributed by atoms with Gasteiger partial charge in [0.15, 0.2) is 0 Å². The van der Waals surface area contributed by atoms with E-state index in [-0.39, 0.29) is 12.5 Å². The van der Waals surface area contributed by atoms with Crippen LogP contribution in [-0.4, -0.2) is 24.0 Å². The van der Waals surface area contributed by atoms with Gasteiger partial charge in [-0.1, -0.05) is 24.9 Å². The molecule has 6 heteroatoms. The van der Waals surface area contributed by atoms with E-state index in [4.69, 9.17) is 17.3 Å². The second-order valence-electron chi connectivity index (χ2n) is 3.70. The van der Waals surface area contributed by atoms with Crippen LogP contribution in [0.4, 0.5) is 5.82 Å². The first-order valence-corrected chi connectivity index (χ1v) is 6.56. The minimum absolute atomic E-state index is 0.160. The van der Waals surface area contributed by atoms with Crippen LogP contribution >= 0.6 is 27.5 Å². The molecule has 0 atom stereocenters. The van der Waals surface area contributed by atoms with Crippen LogP contribution in [0.25, 0.3) is 0 Å². The van der Waals surface area contributed by atoms with Crippen LogP contribution in [-0.2, 0) is 4.79 Å². The Labute approximate surface area is 114 Å². The van der Waals surface area contributed by atoms with Gasteiger partial charge >= 0.3 is 0 Å². The van der Waals surface area contributed by atoms with Crippen molar-refractivity contribution in [1.29, 1.82) is 0 Å². The Hall–Kier alpha value is -0.810. The molecule has 0 aliphatic carbocycles. The smallest absolute Gasteiger partial charge is 0.236 e. The molecule has 0 fully saturated rings. The molecule has 0 aliphatic rings. The molecule has 0 saturated heterocycles. The molecule has 0 radical (unpaired) electrons. The normalized spacial score (nSPS) is 10.3. The number of primary amides is 1. The highest BCUT2D eigenvalue weighted by Crippen LogP contribution is 2.26. The number of hydrogen-bond acceptors (Lipinski definition) is 3. The van der Waals surface area contributed by atoms with E-state index < -0.39 is 0 Å². The quantitative estimate of drug-likeness (QED) is 0.876. The van der Waals surface area contributed by atoms with Crippen molar-refractivity contribution in [3.8, 4) is 0 Å². The summed E-state index contributed by atoms with van der Waals surface area (Å²) in [6, 6.07) is 1.75. The predicted molar refractivity (Wildman–Crippen MR) is 73.3 cm³/mol. The van der Waals surface area contributed by atoms with Crippen molar-refractivity contribution in [2.45, 2.75) is 19.8 Å². The summed E-state index contributed by atoms with van der Waals surface area (Å²) in [5.41, 5.74) is 5.23. The van der Waals surface area contributed by atoms with Gasteiger partial charge < -0.3 is 10.6 Å². The lowest BCUT2D eigenvalue weighted by molar-refractivity contribution is -0.116. The first-order chi connectivity index (χ1) is 8.04. The van der Waals surface area contributed by atoms with E-state index in [1.807, 2.05) is 4.90 Å². The molecule has 0 spiro atoms. The lowest BCUT2D eigenvalue weighted by atomic mass is 10.3. The summed E-state index contributed by atoms with van der Waals surface area (Å²) in [6.45, 7) is 2.99. The SMILES string of the molecule is CCCCN(CC(N)=O)c1ncc(Cl)cc1Br. The van der Waals surface area contributed by atoms with Gasteiger partial charge in [-0.15, -0.1) is 0 Å². The number of pyridine rings is 1. The van der Waals surface area contributed by atoms with Crippen LogP contribution in [0, 0.1) is 0 Å². The van der Waals surface area contributed by atoms with Gasteiger partial charge in [0.25, 0.3) is 0 Å². The zero-order chi connectivity index (χ0) is 12.8. The molecular formula is C11H15BrClN3O. The first-order valence-electron chi connectivity index (χ1n) is 5.39. The van der Waals surface area contributed by atoms with Crippen LogP contribution in [0.3, 0.4) is 0 Å². The highest BCUT2D eigenvalue weighted by Gasteiger charge is 2.13. The predicted octanol–water partition coefficient (Wildman–Crippen LogP) is 2.59. The second kappa shape index (κ2) is 6.81. The molecule has 1 aromatic rings. The number of amides is 1. The van der Waals surface area contributed by atoms with Crippen LogP contribution in [0.5, 0.6) is 0 Å². The maximum atomic E-state index is 11.0. The summed E-state index contributed by atoms with van der Waals surface area (Å²) >= 11 is 9.22. The van der Waals surface area contributed by atoms with Gasteiger partial charge in [0.05, 0.1) is 16.0 Å². The van der Waals surface area contributed by atoms with Crippen molar-refractivity contribution >= 4 is 39.3 Å². The van der Waals surface area contributed by atoms with E-state index in [9.17, 15) is 4.79 Å². The fraction of sp³-hybridized carbons (Fsp3) is 0.455. The number of nitrogens with zero attached hydrogens (tertiary/aromatic N) is 2. The number of nitrogens with two attached hydrogens (primary N) is 1. The number of hydrogen-bond donors (Lipinski definition) is 1. The van der Waals surface area contributed by atoms with Crippen LogP contribution in [0.2, 0.25) is 5.02 Å². The van der Waals surface area contributed by atoms with Crippen molar-refractivity contribution in [2.75, 3.05) is 18.0 Å². The molecule has 1 rings (SSSR count). The van der Waals surface area contributed by atoms with Gasteiger partial charge in [-0.3, -0.25) is 4.79 Å². The molecule has 0 bridgehead atoms. The summed E-state index contributed by atoms with van der Waals surface area (Å²) in [5.74, 6) is 0.325. The number of unbranched alkanes of at least 4 members (excludes halogenated alkanes) is 1. The van der Waals surface area contributed by atoms with Gasteiger partial charge in [0, 0.05) is 12.7 Å². The maximum absolute atomic E-state index is 11.0. The highest BCUT2D eigenvalue weighted by atomic mass is 79.9. The average Bonchev–Trinajstić information content (AvgIpc) is 2.24. The Morgan fingerprint density at radius 2 is 2.35 bits per heavy atom. The molecule has 0 aromatic carbocycles. The lowest BCUT2D eigenvalue weighted by Crippen LogP contribution is -2.35. The molecule has 0 aliphatic heterocycles. The Morgan fingerprint density at radius 3 is 2.88 bits per heavy atom. The molecule has 94 valence electrons. The maximum Gasteiger partial charge on any atom is 0.236 e. The Kier molecular flexibility index (Phi) is 5.71. The van der Waals surface area contributed by atoms with E-state index in [2.05, 4.69) is 27.8 Å². The fourth-order valence-corrected chi connectivity index (χ4v) is 2.33. The summed E-state index contributed by atoms with van der Waals surface area (Å²) in [4.78, 5) is 17.1. The van der Waals surface area contributed by atoms with Crippen LogP contribution in [0.1, 0.15) is 19.8 Å². The third-order valence-corrected chi connectivity index (χ3v) is 3.01. The third-order valence-electron chi connectivity index (χ3n) is 2.22. The third kappa shape index (κ3) is 4.52. The summed E-state index contributed by atoms with van der Waals surface area (Å²) in [6.07, 6.45) is 3.58. The van der Waals surface area contributed by atoms with E-state index in [0.717, 1.165) is 23.9 Å². The standard InChI is InChI=1S/C11H15BrClN3O/c1-2-3-4-16(7-10(14)17)11-9(12)5-8(13)6-15-11/h5-6H,2-4,7H2,1H3,(H2,14,17). The zero-order valence-corrected chi connectivity index (χ0v) is 12.0. The van der Waals surface area contributed by atoms with E-state index in [1.54, 1.807) is 12.3 Å². The number of anilines is 1. The first kappa shape index (κ1) is 14.3. The number of halogens is 2. The Morgan fingerprint density at radius 1 is 1.65 bits per heavy atom. The summed E-state index contributed by atoms with van der Waals surface area (Å²) < 4.78 is 0.766. The molecule has 0 saturated carbocycles. The summed E-state index contributed by atoms with van der Waals surface area (Å²) in [7, 11) is 0. The van der Waals surface area contributed by atoms with Crippen molar-refractivity contribution < 1.29 is 4.79 Å². The molecule has 1 aromatic heterocycles. The van der Waals surface area contributed by atoms with Gasteiger partial charge in [-0.25, -0.2) is 4.98 Å². The molecule has 1 heterocycles. The lowest BCUT2D eigenvalue weighted by Gasteiger charge is -2.23. The van der Waals surface area contributed by atoms with Crippen molar-refractivity contribution in [3.05, 3.63) is 21.8 Å². The number of aromatic nitrogens is 1. The minimum Gasteiger partial charge on any atom is -0.368 e. The molecule has 2 N–H and O–H groups in total. The Balaban J connectivity index is 2.90. The monoisotopic (exact) mass is 319 g/mol. The van der Waals surface area contributed by atoms with E-state index in [1.165, 1.54) is 0 Å². The van der Waals surface area contributed by atoms with Gasteiger partial charge in [-0.05, 0) is 28.4 Å². The van der Waals surface area contributed by atoms with Crippen molar-refractivity contribution in [2.24, 2.45) is 5.73 Å². The largest absolute Gasteiger partial charge is 0.368 e. The van der Waals surface area contributed by atoms with Crippen LogP contribution < -0.4 is 10.6 Å². The van der Waals surface area contributed by atoms with Crippen molar-refractivity contribution in [1.82, 2.24) is 4.98 Å². The van der Waals surface area contributed by atoms with E-state index in [0.29, 0.717) is 10.8 Å². The second-order valence-corrected chi connectivity index (χ2v) is 4.99. The molecule has 1 amide bonds. The molecule has 17 heavy (non-hydrogen) atoms. The van der Waals surface area contributed by atoms with Gasteiger partial charge in [0.2, 0.25) is 5.91 Å². The average molecular weight is 321 g/mol. The fourth-order valence-electron chi connectivity index (χ4n) is 1.44. The molecule has 4 nitrogen and oxygen atoms in total. The zero-order valence-electron chi connectivity index (χ0n) is 9.62. The minimum atomic E-state index is -0.371. The number of carbonyl (C=O) groups is 1. The number of carbonyl (C=O) groups excluding carboxylic acids is 1. The number of rotatable bonds is 6. The topological polar surface area (TPSA) is 59.2 Å². The highest BCUT2D eigenvalue weighted by molar-refractivity contribution is 9.10. The molecular weight excluding hydrogens is 305 g/mol. The van der Waals surface area contributed by atoms with Crippen molar-refractivity contribution in [3.63, 3.8) is 0 Å². The van der Waals surface area contributed by atoms with Crippen LogP contribution in [0.15, 0.2) is 16.7 Å². The Bertz CT molecular complexity index is 400. The van der Waals surface area contributed by atoms with Gasteiger partial charge in [-0.2, -0.15) is 0 Å². The summed E-state index contributed by atoms with van der Waals surface area (Å²) in [5, 5.41) is 0.551.